The average Bonchev–Trinajstić information content (AvgIpc) is 2.65. The van der Waals surface area contributed by atoms with Gasteiger partial charge in [-0.15, -0.1) is 0 Å². The molecule has 3 rings (SSSR count). The largest absolute Gasteiger partial charge is 0.206 e. The number of aryl methyl sites for hydroxylation is 1. The van der Waals surface area contributed by atoms with Crippen LogP contribution in [0.25, 0.3) is 22.8 Å². The second-order valence-corrected chi connectivity index (χ2v) is 5.94. The predicted molar refractivity (Wildman–Crippen MR) is 91.9 cm³/mol. The van der Waals surface area contributed by atoms with Gasteiger partial charge in [-0.3, -0.25) is 0 Å². The standard InChI is InChI=1S/C21H12F6/c1-11-2-4-12(5-3-11)13-6-7-15(16(22)8-13)20(26)19(25)14-9-17(23)21(27)18(24)10-14/h2-10H,1H3/b20-19+. The molecule has 0 aliphatic rings. The van der Waals surface area contributed by atoms with Crippen molar-refractivity contribution in [3.05, 3.63) is 94.6 Å². The first-order valence-corrected chi connectivity index (χ1v) is 7.85. The van der Waals surface area contributed by atoms with Crippen LogP contribution in [-0.4, -0.2) is 0 Å². The maximum atomic E-state index is 14.4. The van der Waals surface area contributed by atoms with Gasteiger partial charge in [-0.1, -0.05) is 35.9 Å². The zero-order valence-corrected chi connectivity index (χ0v) is 14.0. The van der Waals surface area contributed by atoms with Crippen LogP contribution >= 0.6 is 0 Å². The Bertz CT molecular complexity index is 1010. The topological polar surface area (TPSA) is 0 Å². The fourth-order valence-electron chi connectivity index (χ4n) is 2.55. The highest BCUT2D eigenvalue weighted by Crippen LogP contribution is 2.33. The maximum Gasteiger partial charge on any atom is 0.194 e. The molecular formula is C21H12F6. The first-order valence-electron chi connectivity index (χ1n) is 7.85. The molecule has 0 saturated heterocycles. The molecule has 0 nitrogen and oxygen atoms in total. The molecule has 0 spiro atoms. The zero-order chi connectivity index (χ0) is 19.7. The van der Waals surface area contributed by atoms with E-state index < -0.39 is 46.0 Å². The van der Waals surface area contributed by atoms with E-state index in [9.17, 15) is 26.3 Å². The van der Waals surface area contributed by atoms with Gasteiger partial charge < -0.3 is 0 Å². The number of halogens is 6. The van der Waals surface area contributed by atoms with Crippen molar-refractivity contribution >= 4 is 11.7 Å². The fourth-order valence-corrected chi connectivity index (χ4v) is 2.55. The Kier molecular flexibility index (Phi) is 5.08. The van der Waals surface area contributed by atoms with Gasteiger partial charge in [0.1, 0.15) is 5.82 Å². The van der Waals surface area contributed by atoms with E-state index in [-0.39, 0.29) is 0 Å². The molecule has 0 amide bonds. The van der Waals surface area contributed by atoms with E-state index in [1.54, 1.807) is 12.1 Å². The first kappa shape index (κ1) is 18.8. The molecule has 0 aromatic heterocycles. The highest BCUT2D eigenvalue weighted by Gasteiger charge is 2.19. The molecule has 0 unspecified atom stereocenters. The summed E-state index contributed by atoms with van der Waals surface area (Å²) in [5, 5.41) is 0. The van der Waals surface area contributed by atoms with Crippen molar-refractivity contribution < 1.29 is 26.3 Å². The summed E-state index contributed by atoms with van der Waals surface area (Å²) in [5.41, 5.74) is 0.548. The Morgan fingerprint density at radius 1 is 0.630 bits per heavy atom. The number of rotatable bonds is 3. The van der Waals surface area contributed by atoms with Crippen LogP contribution in [0.5, 0.6) is 0 Å². The Balaban J connectivity index is 2.02. The highest BCUT2D eigenvalue weighted by molar-refractivity contribution is 5.84. The molecule has 0 bridgehead atoms. The summed E-state index contributed by atoms with van der Waals surface area (Å²) in [6.07, 6.45) is 0. The van der Waals surface area contributed by atoms with Crippen molar-refractivity contribution in [2.75, 3.05) is 0 Å². The molecule has 3 aromatic rings. The monoisotopic (exact) mass is 378 g/mol. The van der Waals surface area contributed by atoms with Crippen LogP contribution in [0.1, 0.15) is 16.7 Å². The lowest BCUT2D eigenvalue weighted by molar-refractivity contribution is 0.446. The van der Waals surface area contributed by atoms with Crippen molar-refractivity contribution in [3.63, 3.8) is 0 Å². The van der Waals surface area contributed by atoms with Crippen molar-refractivity contribution in [2.45, 2.75) is 6.92 Å². The third-order valence-corrected chi connectivity index (χ3v) is 4.02. The zero-order valence-electron chi connectivity index (χ0n) is 14.0. The van der Waals surface area contributed by atoms with E-state index in [4.69, 9.17) is 0 Å². The molecular weight excluding hydrogens is 366 g/mol. The van der Waals surface area contributed by atoms with Crippen LogP contribution in [0.3, 0.4) is 0 Å². The summed E-state index contributed by atoms with van der Waals surface area (Å²) < 4.78 is 82.3. The second kappa shape index (κ2) is 7.31. The van der Waals surface area contributed by atoms with Gasteiger partial charge in [-0.05, 0) is 42.3 Å². The van der Waals surface area contributed by atoms with E-state index in [1.165, 1.54) is 6.07 Å². The molecule has 0 aliphatic carbocycles. The van der Waals surface area contributed by atoms with Crippen LogP contribution in [0.4, 0.5) is 26.3 Å². The number of hydrogen-bond acceptors (Lipinski definition) is 0. The second-order valence-electron chi connectivity index (χ2n) is 5.94. The van der Waals surface area contributed by atoms with Gasteiger partial charge in [-0.25, -0.2) is 26.3 Å². The quantitative estimate of drug-likeness (QED) is 0.262. The SMILES string of the molecule is Cc1ccc(-c2ccc(/C(F)=C(\F)c3cc(F)c(F)c(F)c3)c(F)c2)cc1. The highest BCUT2D eigenvalue weighted by atomic mass is 19.2. The van der Waals surface area contributed by atoms with Gasteiger partial charge in [0.2, 0.25) is 0 Å². The molecule has 27 heavy (non-hydrogen) atoms. The molecule has 0 radical (unpaired) electrons. The molecule has 3 aromatic carbocycles. The Morgan fingerprint density at radius 3 is 1.74 bits per heavy atom. The van der Waals surface area contributed by atoms with E-state index in [2.05, 4.69) is 0 Å². The minimum atomic E-state index is -1.81. The lowest BCUT2D eigenvalue weighted by Gasteiger charge is -2.08. The predicted octanol–water partition coefficient (Wildman–Crippen LogP) is 6.98. The van der Waals surface area contributed by atoms with E-state index in [0.717, 1.165) is 17.7 Å². The first-order chi connectivity index (χ1) is 12.8. The van der Waals surface area contributed by atoms with E-state index in [1.807, 2.05) is 19.1 Å². The molecule has 138 valence electrons. The molecule has 0 atom stereocenters. The molecule has 0 heterocycles. The fraction of sp³-hybridized carbons (Fsp3) is 0.0476. The van der Waals surface area contributed by atoms with Gasteiger partial charge in [0, 0.05) is 11.1 Å². The minimum Gasteiger partial charge on any atom is -0.206 e. The normalized spacial score (nSPS) is 12.1. The Hall–Kier alpha value is -3.02. The van der Waals surface area contributed by atoms with Crippen LogP contribution < -0.4 is 0 Å². The maximum absolute atomic E-state index is 14.4. The third kappa shape index (κ3) is 3.74. The molecule has 0 saturated carbocycles. The van der Waals surface area contributed by atoms with Crippen molar-refractivity contribution in [1.82, 2.24) is 0 Å². The van der Waals surface area contributed by atoms with Gasteiger partial charge >= 0.3 is 0 Å². The van der Waals surface area contributed by atoms with Gasteiger partial charge in [-0.2, -0.15) is 0 Å². The number of hydrogen-bond donors (Lipinski definition) is 0. The van der Waals surface area contributed by atoms with Crippen molar-refractivity contribution in [2.24, 2.45) is 0 Å². The van der Waals surface area contributed by atoms with E-state index in [0.29, 0.717) is 23.3 Å². The van der Waals surface area contributed by atoms with Gasteiger partial charge in [0.05, 0.1) is 0 Å². The van der Waals surface area contributed by atoms with Crippen molar-refractivity contribution in [3.8, 4) is 11.1 Å². The van der Waals surface area contributed by atoms with Gasteiger partial charge in [0.15, 0.2) is 29.1 Å². The average molecular weight is 378 g/mol. The van der Waals surface area contributed by atoms with Crippen LogP contribution in [0, 0.1) is 30.2 Å². The van der Waals surface area contributed by atoms with E-state index >= 15 is 0 Å². The minimum absolute atomic E-state index is 0.298. The summed E-state index contributed by atoms with van der Waals surface area (Å²) in [4.78, 5) is 0. The summed E-state index contributed by atoms with van der Waals surface area (Å²) in [7, 11) is 0. The molecule has 6 heteroatoms. The third-order valence-electron chi connectivity index (χ3n) is 4.02. The van der Waals surface area contributed by atoms with Crippen LogP contribution in [-0.2, 0) is 0 Å². The van der Waals surface area contributed by atoms with Crippen molar-refractivity contribution in [1.29, 1.82) is 0 Å². The molecule has 0 aliphatic heterocycles. The lowest BCUT2D eigenvalue weighted by atomic mass is 10.0. The van der Waals surface area contributed by atoms with Gasteiger partial charge in [0.25, 0.3) is 0 Å². The summed E-state index contributed by atoms with van der Waals surface area (Å²) in [6.45, 7) is 1.89. The lowest BCUT2D eigenvalue weighted by Crippen LogP contribution is -1.95. The summed E-state index contributed by atoms with van der Waals surface area (Å²) >= 11 is 0. The summed E-state index contributed by atoms with van der Waals surface area (Å²) in [6, 6.07) is 11.2. The van der Waals surface area contributed by atoms with Crippen LogP contribution in [0.15, 0.2) is 54.6 Å². The van der Waals surface area contributed by atoms with Crippen LogP contribution in [0.2, 0.25) is 0 Å². The summed E-state index contributed by atoms with van der Waals surface area (Å²) in [5.74, 6) is -9.56. The Morgan fingerprint density at radius 2 is 1.19 bits per heavy atom. The molecule has 0 fully saturated rings. The Labute approximate surface area is 151 Å². The molecule has 0 N–H and O–H groups in total. The smallest absolute Gasteiger partial charge is 0.194 e. The number of benzene rings is 3.